The fourth-order valence-electron chi connectivity index (χ4n) is 1.70. The normalized spacial score (nSPS) is 22.2. The molecule has 0 bridgehead atoms. The van der Waals surface area contributed by atoms with Crippen molar-refractivity contribution >= 4 is 32.3 Å². The van der Waals surface area contributed by atoms with Crippen molar-refractivity contribution in [3.05, 3.63) is 11.6 Å². The zero-order chi connectivity index (χ0) is 12.3. The molecule has 1 atom stereocenters. The Morgan fingerprint density at radius 1 is 1.59 bits per heavy atom. The molecule has 1 aromatic heterocycles. The zero-order valence-corrected chi connectivity index (χ0v) is 10.7. The first-order valence-electron chi connectivity index (χ1n) is 5.20. The van der Waals surface area contributed by atoms with Crippen LogP contribution in [-0.2, 0) is 9.84 Å². The van der Waals surface area contributed by atoms with Crippen LogP contribution in [0, 0.1) is 5.92 Å². The van der Waals surface area contributed by atoms with E-state index in [0.717, 1.165) is 0 Å². The molecule has 94 valence electrons. The van der Waals surface area contributed by atoms with Crippen LogP contribution in [0.4, 0.5) is 9.93 Å². The smallest absolute Gasteiger partial charge is 0.321 e. The Morgan fingerprint density at radius 2 is 2.41 bits per heavy atom. The van der Waals surface area contributed by atoms with Crippen molar-refractivity contribution in [1.29, 1.82) is 0 Å². The van der Waals surface area contributed by atoms with Crippen molar-refractivity contribution in [2.45, 2.75) is 6.42 Å². The summed E-state index contributed by atoms with van der Waals surface area (Å²) in [4.78, 5) is 15.3. The molecule has 0 spiro atoms. The number of nitrogens with one attached hydrogen (secondary N) is 2. The minimum absolute atomic E-state index is 0.0297. The van der Waals surface area contributed by atoms with Crippen LogP contribution in [0.3, 0.4) is 0 Å². The molecule has 1 aromatic rings. The van der Waals surface area contributed by atoms with Crippen molar-refractivity contribution in [2.75, 3.05) is 23.4 Å². The van der Waals surface area contributed by atoms with Crippen molar-refractivity contribution in [1.82, 2.24) is 10.3 Å². The van der Waals surface area contributed by atoms with Crippen LogP contribution in [-0.4, -0.2) is 37.5 Å². The predicted octanol–water partition coefficient (Wildman–Crippen LogP) is 0.699. The Bertz CT molecular complexity index is 484. The van der Waals surface area contributed by atoms with E-state index in [9.17, 15) is 13.2 Å². The summed E-state index contributed by atoms with van der Waals surface area (Å²) in [5.41, 5.74) is 0. The van der Waals surface area contributed by atoms with Gasteiger partial charge in [-0.1, -0.05) is 0 Å². The van der Waals surface area contributed by atoms with Crippen LogP contribution < -0.4 is 10.6 Å². The van der Waals surface area contributed by atoms with E-state index < -0.39 is 9.84 Å². The van der Waals surface area contributed by atoms with Gasteiger partial charge in [-0.15, -0.1) is 11.3 Å². The van der Waals surface area contributed by atoms with Gasteiger partial charge < -0.3 is 5.32 Å². The number of sulfone groups is 1. The van der Waals surface area contributed by atoms with E-state index in [1.54, 1.807) is 11.6 Å². The van der Waals surface area contributed by atoms with Crippen LogP contribution in [0.1, 0.15) is 6.42 Å². The maximum atomic E-state index is 11.4. The highest BCUT2D eigenvalue weighted by molar-refractivity contribution is 7.91. The first-order valence-corrected chi connectivity index (χ1v) is 7.90. The number of nitrogens with zero attached hydrogens (tertiary/aromatic N) is 1. The van der Waals surface area contributed by atoms with Crippen molar-refractivity contribution in [3.8, 4) is 0 Å². The summed E-state index contributed by atoms with van der Waals surface area (Å²) in [7, 11) is -2.88. The highest BCUT2D eigenvalue weighted by atomic mass is 32.2. The second-order valence-corrected chi connectivity index (χ2v) is 7.06. The lowest BCUT2D eigenvalue weighted by Gasteiger charge is -2.09. The molecule has 0 saturated carbocycles. The van der Waals surface area contributed by atoms with Crippen LogP contribution >= 0.6 is 11.3 Å². The maximum Gasteiger partial charge on any atom is 0.321 e. The summed E-state index contributed by atoms with van der Waals surface area (Å²) in [5.74, 6) is 0.430. The summed E-state index contributed by atoms with van der Waals surface area (Å²) in [5, 5.41) is 7.52. The third-order valence-electron chi connectivity index (χ3n) is 2.53. The molecule has 1 aliphatic heterocycles. The fourth-order valence-corrected chi connectivity index (χ4v) is 4.08. The molecule has 17 heavy (non-hydrogen) atoms. The number of hydrogen-bond donors (Lipinski definition) is 2. The van der Waals surface area contributed by atoms with Gasteiger partial charge in [-0.25, -0.2) is 18.2 Å². The highest BCUT2D eigenvalue weighted by Crippen LogP contribution is 2.17. The Morgan fingerprint density at radius 3 is 3.00 bits per heavy atom. The molecule has 1 saturated heterocycles. The van der Waals surface area contributed by atoms with Gasteiger partial charge in [-0.2, -0.15) is 0 Å². The summed E-state index contributed by atoms with van der Waals surface area (Å²) in [6.45, 7) is 0.385. The summed E-state index contributed by atoms with van der Waals surface area (Å²) >= 11 is 1.33. The molecule has 2 amide bonds. The lowest BCUT2D eigenvalue weighted by Crippen LogP contribution is -2.33. The molecule has 0 aliphatic carbocycles. The van der Waals surface area contributed by atoms with E-state index in [0.29, 0.717) is 18.1 Å². The number of carbonyl (C=O) groups is 1. The molecule has 0 radical (unpaired) electrons. The predicted molar refractivity (Wildman–Crippen MR) is 65.9 cm³/mol. The van der Waals surface area contributed by atoms with Crippen LogP contribution in [0.15, 0.2) is 11.6 Å². The van der Waals surface area contributed by atoms with Gasteiger partial charge in [-0.3, -0.25) is 5.32 Å². The molecular weight excluding hydrogens is 262 g/mol. The minimum Gasteiger partial charge on any atom is -0.337 e. The van der Waals surface area contributed by atoms with Gasteiger partial charge in [0.15, 0.2) is 15.0 Å². The van der Waals surface area contributed by atoms with Gasteiger partial charge in [0, 0.05) is 18.1 Å². The fraction of sp³-hybridized carbons (Fsp3) is 0.556. The largest absolute Gasteiger partial charge is 0.337 e. The summed E-state index contributed by atoms with van der Waals surface area (Å²) in [6, 6.07) is -0.343. The Balaban J connectivity index is 1.74. The van der Waals surface area contributed by atoms with Crippen molar-refractivity contribution in [2.24, 2.45) is 5.92 Å². The third-order valence-corrected chi connectivity index (χ3v) is 5.06. The highest BCUT2D eigenvalue weighted by Gasteiger charge is 2.27. The van der Waals surface area contributed by atoms with E-state index in [2.05, 4.69) is 15.6 Å². The number of carbonyl (C=O) groups excluding carboxylic acids is 1. The van der Waals surface area contributed by atoms with E-state index in [4.69, 9.17) is 0 Å². The van der Waals surface area contributed by atoms with Gasteiger partial charge in [0.05, 0.1) is 11.5 Å². The topological polar surface area (TPSA) is 88.2 Å². The lowest BCUT2D eigenvalue weighted by molar-refractivity contribution is 0.250. The van der Waals surface area contributed by atoms with Crippen molar-refractivity contribution < 1.29 is 13.2 Å². The van der Waals surface area contributed by atoms with E-state index in [1.807, 2.05) is 0 Å². The molecule has 2 heterocycles. The average molecular weight is 275 g/mol. The van der Waals surface area contributed by atoms with Gasteiger partial charge in [0.1, 0.15) is 0 Å². The molecular formula is C9H13N3O3S2. The first-order chi connectivity index (χ1) is 8.05. The summed E-state index contributed by atoms with van der Waals surface area (Å²) < 4.78 is 22.4. The Hall–Kier alpha value is -1.15. The minimum atomic E-state index is -2.88. The SMILES string of the molecule is O=C(NCC1CCS(=O)(=O)C1)Nc1nccs1. The first kappa shape index (κ1) is 12.3. The van der Waals surface area contributed by atoms with E-state index >= 15 is 0 Å². The average Bonchev–Trinajstić information content (AvgIpc) is 2.85. The van der Waals surface area contributed by atoms with Crippen LogP contribution in [0.25, 0.3) is 0 Å². The Labute approximate surface area is 103 Å². The molecule has 2 rings (SSSR count). The van der Waals surface area contributed by atoms with Crippen LogP contribution in [0.5, 0.6) is 0 Å². The monoisotopic (exact) mass is 275 g/mol. The second-order valence-electron chi connectivity index (χ2n) is 3.94. The Kier molecular flexibility index (Phi) is 3.63. The van der Waals surface area contributed by atoms with E-state index in [-0.39, 0.29) is 23.5 Å². The quantitative estimate of drug-likeness (QED) is 0.850. The maximum absolute atomic E-state index is 11.4. The molecule has 2 N–H and O–H groups in total. The molecule has 1 aliphatic rings. The molecule has 1 unspecified atom stereocenters. The van der Waals surface area contributed by atoms with Gasteiger partial charge >= 0.3 is 6.03 Å². The van der Waals surface area contributed by atoms with Gasteiger partial charge in [0.2, 0.25) is 0 Å². The van der Waals surface area contributed by atoms with Gasteiger partial charge in [-0.05, 0) is 12.3 Å². The summed E-state index contributed by atoms with van der Waals surface area (Å²) in [6.07, 6.45) is 2.23. The lowest BCUT2D eigenvalue weighted by atomic mass is 10.1. The number of hydrogen-bond acceptors (Lipinski definition) is 5. The molecule has 1 fully saturated rings. The van der Waals surface area contributed by atoms with Gasteiger partial charge in [0.25, 0.3) is 0 Å². The zero-order valence-electron chi connectivity index (χ0n) is 9.05. The standard InChI is InChI=1S/C9H13N3O3S2/c13-8(12-9-10-2-3-16-9)11-5-7-1-4-17(14,15)6-7/h2-3,7H,1,4-6H2,(H2,10,11,12,13). The number of aromatic nitrogens is 1. The number of amides is 2. The third kappa shape index (κ3) is 3.67. The van der Waals surface area contributed by atoms with Crippen molar-refractivity contribution in [3.63, 3.8) is 0 Å². The van der Waals surface area contributed by atoms with E-state index in [1.165, 1.54) is 11.3 Å². The number of rotatable bonds is 3. The number of urea groups is 1. The second kappa shape index (κ2) is 5.01. The molecule has 6 nitrogen and oxygen atoms in total. The number of anilines is 1. The van der Waals surface area contributed by atoms with Crippen LogP contribution in [0.2, 0.25) is 0 Å². The molecule has 8 heteroatoms. The number of thiazole rings is 1. The molecule has 0 aromatic carbocycles.